The Hall–Kier alpha value is -1.53. The number of ether oxygens (including phenoxy) is 1. The van der Waals surface area contributed by atoms with Crippen molar-refractivity contribution in [1.29, 1.82) is 0 Å². The predicted octanol–water partition coefficient (Wildman–Crippen LogP) is 1.78. The highest BCUT2D eigenvalue weighted by atomic mass is 32.2. The minimum absolute atomic E-state index is 0.0202. The minimum atomic E-state index is -0.225. The van der Waals surface area contributed by atoms with Gasteiger partial charge in [0.25, 0.3) is 0 Å². The summed E-state index contributed by atoms with van der Waals surface area (Å²) in [6.07, 6.45) is 1.93. The van der Waals surface area contributed by atoms with Crippen LogP contribution in [0, 0.1) is 0 Å². The van der Waals surface area contributed by atoms with E-state index in [1.807, 2.05) is 24.3 Å². The Morgan fingerprint density at radius 2 is 2.33 bits per heavy atom. The van der Waals surface area contributed by atoms with E-state index in [9.17, 15) is 9.59 Å². The van der Waals surface area contributed by atoms with E-state index in [1.54, 1.807) is 0 Å². The fraction of sp³-hybridized carbons (Fsp3) is 0.467. The Kier molecular flexibility index (Phi) is 6.07. The van der Waals surface area contributed by atoms with Crippen LogP contribution in [0.2, 0.25) is 0 Å². The number of benzene rings is 1. The highest BCUT2D eigenvalue weighted by Gasteiger charge is 2.21. The average molecular weight is 308 g/mol. The number of rotatable bonds is 6. The van der Waals surface area contributed by atoms with Crippen molar-refractivity contribution in [2.45, 2.75) is 24.6 Å². The Morgan fingerprint density at radius 3 is 3.05 bits per heavy atom. The molecule has 0 bridgehead atoms. The van der Waals surface area contributed by atoms with Gasteiger partial charge >= 0.3 is 5.97 Å². The van der Waals surface area contributed by atoms with Crippen LogP contribution in [0.1, 0.15) is 18.4 Å². The number of nitrogens with one attached hydrogen (secondary N) is 2. The lowest BCUT2D eigenvalue weighted by atomic mass is 10.2. The van der Waals surface area contributed by atoms with Crippen LogP contribution >= 0.6 is 11.8 Å². The molecule has 0 aliphatic carbocycles. The number of anilines is 1. The lowest BCUT2D eigenvalue weighted by Crippen LogP contribution is -2.35. The van der Waals surface area contributed by atoms with Crippen molar-refractivity contribution in [3.63, 3.8) is 0 Å². The van der Waals surface area contributed by atoms with Gasteiger partial charge in [0.2, 0.25) is 5.91 Å². The van der Waals surface area contributed by atoms with Gasteiger partial charge in [-0.3, -0.25) is 9.59 Å². The summed E-state index contributed by atoms with van der Waals surface area (Å²) in [4.78, 5) is 23.1. The van der Waals surface area contributed by atoms with Gasteiger partial charge in [0, 0.05) is 11.4 Å². The molecule has 0 aromatic heterocycles. The molecular formula is C15H20N2O3S. The smallest absolute Gasteiger partial charge is 0.315 e. The van der Waals surface area contributed by atoms with E-state index in [0.717, 1.165) is 30.6 Å². The van der Waals surface area contributed by atoms with Gasteiger partial charge in [-0.1, -0.05) is 12.1 Å². The lowest BCUT2D eigenvalue weighted by Gasteiger charge is -2.12. The van der Waals surface area contributed by atoms with Crippen LogP contribution in [0.4, 0.5) is 5.69 Å². The summed E-state index contributed by atoms with van der Waals surface area (Å²) >= 11 is 1.49. The molecule has 0 saturated carbocycles. The fourth-order valence-electron chi connectivity index (χ4n) is 2.19. The molecular weight excluding hydrogens is 288 g/mol. The number of thioether (sulfide) groups is 1. The number of hydrogen-bond donors (Lipinski definition) is 2. The maximum absolute atomic E-state index is 12.0. The van der Waals surface area contributed by atoms with Crippen molar-refractivity contribution >= 4 is 29.3 Å². The van der Waals surface area contributed by atoms with Crippen molar-refractivity contribution in [2.75, 3.05) is 24.7 Å². The third-order valence-corrected chi connectivity index (χ3v) is 4.26. The number of carbonyl (C=O) groups is 2. The number of amides is 1. The van der Waals surface area contributed by atoms with Gasteiger partial charge in [-0.2, -0.15) is 0 Å². The first-order valence-electron chi connectivity index (χ1n) is 6.97. The van der Waals surface area contributed by atoms with Crippen LogP contribution in [0.15, 0.2) is 24.3 Å². The molecule has 6 heteroatoms. The predicted molar refractivity (Wildman–Crippen MR) is 84.3 cm³/mol. The van der Waals surface area contributed by atoms with Gasteiger partial charge in [-0.05, 0) is 37.1 Å². The summed E-state index contributed by atoms with van der Waals surface area (Å²) in [7, 11) is 1.39. The van der Waals surface area contributed by atoms with E-state index in [-0.39, 0.29) is 17.9 Å². The van der Waals surface area contributed by atoms with Gasteiger partial charge in [0.1, 0.15) is 0 Å². The zero-order chi connectivity index (χ0) is 15.1. The number of hydrogen-bond acceptors (Lipinski definition) is 5. The van der Waals surface area contributed by atoms with E-state index in [1.165, 1.54) is 18.9 Å². The molecule has 1 aromatic carbocycles. The van der Waals surface area contributed by atoms with Crippen LogP contribution in [0.25, 0.3) is 0 Å². The zero-order valence-electron chi connectivity index (χ0n) is 12.1. The summed E-state index contributed by atoms with van der Waals surface area (Å²) in [5, 5.41) is 6.11. The highest BCUT2D eigenvalue weighted by Crippen LogP contribution is 2.17. The second-order valence-electron chi connectivity index (χ2n) is 4.91. The van der Waals surface area contributed by atoms with Crippen LogP contribution < -0.4 is 10.6 Å². The molecule has 0 radical (unpaired) electrons. The molecule has 2 rings (SSSR count). The Balaban J connectivity index is 1.85. The fourth-order valence-corrected chi connectivity index (χ4v) is 2.99. The minimum Gasteiger partial charge on any atom is -0.468 e. The van der Waals surface area contributed by atoms with Crippen LogP contribution in [-0.4, -0.2) is 37.3 Å². The molecule has 1 fully saturated rings. The second-order valence-corrected chi connectivity index (χ2v) is 5.89. The molecule has 1 amide bonds. The van der Waals surface area contributed by atoms with Gasteiger partial charge in [0.15, 0.2) is 0 Å². The Morgan fingerprint density at radius 1 is 1.48 bits per heavy atom. The van der Waals surface area contributed by atoms with E-state index >= 15 is 0 Å². The standard InChI is InChI=1S/C15H20N2O3S/c1-20-14(18)10-21-9-11-4-2-5-12(8-11)17-15(19)13-6-3-7-16-13/h2,4-5,8,13,16H,3,6-7,9-10H2,1H3,(H,17,19). The van der Waals surface area contributed by atoms with Crippen molar-refractivity contribution < 1.29 is 14.3 Å². The Labute approximate surface area is 128 Å². The first kappa shape index (κ1) is 15.9. The lowest BCUT2D eigenvalue weighted by molar-refractivity contribution is -0.137. The molecule has 21 heavy (non-hydrogen) atoms. The normalized spacial score (nSPS) is 17.5. The van der Waals surface area contributed by atoms with Gasteiger partial charge in [-0.15, -0.1) is 11.8 Å². The van der Waals surface area contributed by atoms with Crippen molar-refractivity contribution in [3.8, 4) is 0 Å². The van der Waals surface area contributed by atoms with Crippen LogP contribution in [0.3, 0.4) is 0 Å². The molecule has 1 unspecified atom stereocenters. The average Bonchev–Trinajstić information content (AvgIpc) is 3.02. The number of methoxy groups -OCH3 is 1. The molecule has 1 aromatic rings. The van der Waals surface area contributed by atoms with E-state index in [4.69, 9.17) is 0 Å². The topological polar surface area (TPSA) is 67.4 Å². The van der Waals surface area contributed by atoms with Gasteiger partial charge in [-0.25, -0.2) is 0 Å². The second kappa shape index (κ2) is 8.05. The molecule has 2 N–H and O–H groups in total. The summed E-state index contributed by atoms with van der Waals surface area (Å²) in [6, 6.07) is 7.63. The summed E-state index contributed by atoms with van der Waals surface area (Å²) < 4.78 is 4.60. The molecule has 1 heterocycles. The van der Waals surface area contributed by atoms with Crippen molar-refractivity contribution in [3.05, 3.63) is 29.8 Å². The third kappa shape index (κ3) is 5.06. The molecule has 5 nitrogen and oxygen atoms in total. The van der Waals surface area contributed by atoms with Gasteiger partial charge < -0.3 is 15.4 Å². The largest absolute Gasteiger partial charge is 0.468 e. The summed E-state index contributed by atoms with van der Waals surface area (Å²) in [5.74, 6) is 0.836. The molecule has 1 saturated heterocycles. The number of carbonyl (C=O) groups excluding carboxylic acids is 2. The van der Waals surface area contributed by atoms with E-state index in [0.29, 0.717) is 11.5 Å². The van der Waals surface area contributed by atoms with Crippen molar-refractivity contribution in [1.82, 2.24) is 5.32 Å². The van der Waals surface area contributed by atoms with E-state index < -0.39 is 0 Å². The third-order valence-electron chi connectivity index (χ3n) is 3.29. The monoisotopic (exact) mass is 308 g/mol. The summed E-state index contributed by atoms with van der Waals surface area (Å²) in [5.41, 5.74) is 1.87. The van der Waals surface area contributed by atoms with Crippen molar-refractivity contribution in [2.24, 2.45) is 0 Å². The highest BCUT2D eigenvalue weighted by molar-refractivity contribution is 7.99. The summed E-state index contributed by atoms with van der Waals surface area (Å²) in [6.45, 7) is 0.905. The first-order chi connectivity index (χ1) is 10.2. The molecule has 1 aliphatic rings. The quantitative estimate of drug-likeness (QED) is 0.784. The van der Waals surface area contributed by atoms with Crippen LogP contribution in [0.5, 0.6) is 0 Å². The van der Waals surface area contributed by atoms with Gasteiger partial charge in [0.05, 0.1) is 18.9 Å². The Bertz CT molecular complexity index is 501. The van der Waals surface area contributed by atoms with E-state index in [2.05, 4.69) is 15.4 Å². The number of esters is 1. The first-order valence-corrected chi connectivity index (χ1v) is 8.12. The molecule has 114 valence electrons. The SMILES string of the molecule is COC(=O)CSCc1cccc(NC(=O)C2CCCN2)c1. The molecule has 1 aliphatic heterocycles. The van der Waals surface area contributed by atoms with Crippen LogP contribution in [-0.2, 0) is 20.1 Å². The molecule has 1 atom stereocenters. The molecule has 0 spiro atoms. The maximum Gasteiger partial charge on any atom is 0.315 e. The maximum atomic E-state index is 12.0. The zero-order valence-corrected chi connectivity index (χ0v) is 12.9.